The molecule has 4 rings (SSSR count). The topological polar surface area (TPSA) is 36.9 Å². The van der Waals surface area contributed by atoms with Crippen molar-refractivity contribution in [2.75, 3.05) is 0 Å². The van der Waals surface area contributed by atoms with Crippen molar-refractivity contribution in [2.24, 2.45) is 0 Å². The zero-order chi connectivity index (χ0) is 36.1. The molecule has 4 aliphatic heterocycles. The van der Waals surface area contributed by atoms with E-state index < -0.39 is 33.3 Å². The average molecular weight is 886 g/mol. The molecule has 4 atom stereocenters. The average Bonchev–Trinajstić information content (AvgIpc) is 3.18. The van der Waals surface area contributed by atoms with Crippen LogP contribution in [0.25, 0.3) is 0 Å². The first-order valence-corrected chi connectivity index (χ1v) is 31.9. The van der Waals surface area contributed by atoms with Crippen molar-refractivity contribution in [1.82, 2.24) is 0 Å². The van der Waals surface area contributed by atoms with Crippen molar-refractivity contribution in [3.63, 3.8) is 0 Å². The normalized spacial score (nSPS) is 28.2. The third-order valence-corrected chi connectivity index (χ3v) is 32.0. The molecule has 0 saturated carbocycles. The molecule has 4 heterocycles. The second-order valence-electron chi connectivity index (χ2n) is 15.7. The summed E-state index contributed by atoms with van der Waals surface area (Å²) in [6.07, 6.45) is 18.2. The molecule has 0 amide bonds. The molecule has 0 radical (unpaired) electrons. The van der Waals surface area contributed by atoms with Gasteiger partial charge in [0.15, 0.2) is 33.3 Å². The quantitative estimate of drug-likeness (QED) is 0.183. The molecule has 0 aromatic heterocycles. The maximum atomic E-state index is 6.26. The Morgan fingerprint density at radius 2 is 0.490 bits per heavy atom. The van der Waals surface area contributed by atoms with E-state index in [9.17, 15) is 0 Å². The van der Waals surface area contributed by atoms with Gasteiger partial charge in [-0.25, -0.2) is 0 Å². The minimum Gasteiger partial charge on any atom is -0.414 e. The van der Waals surface area contributed by atoms with Crippen molar-refractivity contribution in [3.8, 4) is 0 Å². The Kier molecular flexibility index (Phi) is 28.8. The van der Waals surface area contributed by atoms with E-state index in [0.717, 1.165) is 0 Å². The Bertz CT molecular complexity index is 662. The minimum atomic E-state index is -1.21. The zero-order valence-corrected chi connectivity index (χ0v) is 42.6. The molecule has 0 bridgehead atoms. The first-order valence-electron chi connectivity index (χ1n) is 21.8. The second kappa shape index (κ2) is 27.6. The molecule has 4 aliphatic rings. The fourth-order valence-electron chi connectivity index (χ4n) is 8.72. The summed E-state index contributed by atoms with van der Waals surface area (Å²) in [5, 5.41) is 0. The summed E-state index contributed by atoms with van der Waals surface area (Å²) in [6, 6.07) is 16.2. The number of hydrogen-bond acceptors (Lipinski definition) is 4. The van der Waals surface area contributed by atoms with E-state index in [4.69, 9.17) is 17.7 Å². The first kappa shape index (κ1) is 51.1. The summed E-state index contributed by atoms with van der Waals surface area (Å²) >= 11 is 0. The van der Waals surface area contributed by atoms with Crippen LogP contribution in [-0.2, 0) is 17.7 Å². The van der Waals surface area contributed by atoms with Gasteiger partial charge in [-0.05, 0) is 124 Å². The molecule has 4 fully saturated rings. The third kappa shape index (κ3) is 17.2. The van der Waals surface area contributed by atoms with Crippen LogP contribution < -0.4 is 0 Å². The summed E-state index contributed by atoms with van der Waals surface area (Å²) in [5.41, 5.74) is 0. The van der Waals surface area contributed by atoms with Crippen LogP contribution in [0, 0.1) is 41.7 Å². The summed E-state index contributed by atoms with van der Waals surface area (Å²) in [5.74, 6) is 0. The van der Waals surface area contributed by atoms with Gasteiger partial charge in [0, 0.05) is 66.2 Å². The smallest absolute Gasteiger partial charge is 0.192 e. The van der Waals surface area contributed by atoms with Gasteiger partial charge in [0.05, 0.1) is 0 Å². The largest absolute Gasteiger partial charge is 0.414 e. The molecule has 9 heteroatoms. The molecule has 4 unspecified atom stereocenters. The van der Waals surface area contributed by atoms with Crippen LogP contribution in [0.3, 0.4) is 0 Å². The number of hydrogen-bond donors (Lipinski definition) is 0. The molecule has 4 nitrogen and oxygen atoms in total. The first-order chi connectivity index (χ1) is 23.0. The van der Waals surface area contributed by atoms with Gasteiger partial charge in [-0.3, -0.25) is 0 Å². The van der Waals surface area contributed by atoms with Crippen LogP contribution in [0.5, 0.6) is 0 Å². The van der Waals surface area contributed by atoms with Crippen LogP contribution in [0.1, 0.15) is 160 Å². The SMILES string of the molecule is CCC1CCC[Si](CC)(CC)O1.CCC1CCC[Si](CC)(CC)O1.CCC1CCC[Si](CC)(CC)O1.CCC1CCC[Si](CC)(CC)O1.[Ce]. The molecule has 0 aromatic carbocycles. The summed E-state index contributed by atoms with van der Waals surface area (Å²) in [6.45, 7) is 27.5. The Morgan fingerprint density at radius 3 is 0.612 bits per heavy atom. The molecule has 4 saturated heterocycles. The predicted octanol–water partition coefficient (Wildman–Crippen LogP) is 14.2. The molecule has 292 valence electrons. The maximum Gasteiger partial charge on any atom is 0.192 e. The van der Waals surface area contributed by atoms with Crippen LogP contribution in [0.4, 0.5) is 0 Å². The Morgan fingerprint density at radius 1 is 0.327 bits per heavy atom. The third-order valence-electron chi connectivity index (χ3n) is 13.3. The van der Waals surface area contributed by atoms with E-state index in [0.29, 0.717) is 24.4 Å². The van der Waals surface area contributed by atoms with Crippen molar-refractivity contribution in [3.05, 3.63) is 0 Å². The van der Waals surface area contributed by atoms with Crippen LogP contribution in [0.2, 0.25) is 72.5 Å². The molecule has 0 N–H and O–H groups in total. The fourth-order valence-corrected chi connectivity index (χ4v) is 22.7. The van der Waals surface area contributed by atoms with E-state index in [1.54, 1.807) is 0 Å². The van der Waals surface area contributed by atoms with Gasteiger partial charge in [0.1, 0.15) is 0 Å². The van der Waals surface area contributed by atoms with Crippen LogP contribution >= 0.6 is 0 Å². The van der Waals surface area contributed by atoms with Gasteiger partial charge in [0.25, 0.3) is 0 Å². The summed E-state index contributed by atoms with van der Waals surface area (Å²) < 4.78 is 25.0. The maximum absolute atomic E-state index is 6.26. The Labute approximate surface area is 346 Å². The van der Waals surface area contributed by atoms with E-state index >= 15 is 0 Å². The van der Waals surface area contributed by atoms with Crippen LogP contribution in [-0.4, -0.2) is 57.7 Å². The standard InChI is InChI=1S/4C10H22OSi.Ce/c4*1-4-10-8-7-9-12(5-2,6-3)11-10;/h4*10H,4-9H2,1-3H3;. The van der Waals surface area contributed by atoms with E-state index in [1.807, 2.05) is 0 Å². The second-order valence-corrected chi connectivity index (χ2v) is 33.8. The molecule has 0 spiro atoms. The molecule has 49 heavy (non-hydrogen) atoms. The Hall–Kier alpha value is 2.08. The molecular weight excluding hydrogens is 797 g/mol. The van der Waals surface area contributed by atoms with Gasteiger partial charge in [-0.1, -0.05) is 109 Å². The van der Waals surface area contributed by atoms with Crippen LogP contribution in [0.15, 0.2) is 0 Å². The van der Waals surface area contributed by atoms with Gasteiger partial charge in [0.2, 0.25) is 0 Å². The van der Waals surface area contributed by atoms with Gasteiger partial charge in [-0.15, -0.1) is 0 Å². The summed E-state index contributed by atoms with van der Waals surface area (Å²) in [7, 11) is -4.86. The number of rotatable bonds is 12. The summed E-state index contributed by atoms with van der Waals surface area (Å²) in [4.78, 5) is 0. The minimum absolute atomic E-state index is 0. The van der Waals surface area contributed by atoms with Gasteiger partial charge in [-0.2, -0.15) is 0 Å². The van der Waals surface area contributed by atoms with Gasteiger partial charge >= 0.3 is 0 Å². The van der Waals surface area contributed by atoms with E-state index in [2.05, 4.69) is 83.1 Å². The van der Waals surface area contributed by atoms with E-state index in [-0.39, 0.29) is 41.7 Å². The van der Waals surface area contributed by atoms with Crippen molar-refractivity contribution < 1.29 is 59.5 Å². The van der Waals surface area contributed by atoms with E-state index in [1.165, 1.54) is 150 Å². The van der Waals surface area contributed by atoms with Crippen molar-refractivity contribution >= 4 is 33.3 Å². The predicted molar refractivity (Wildman–Crippen MR) is 224 cm³/mol. The fraction of sp³-hybridized carbons (Fsp3) is 1.00. The molecule has 0 aromatic rings. The molecular formula is C40H88CeO4Si4. The monoisotopic (exact) mass is 884 g/mol. The van der Waals surface area contributed by atoms with Gasteiger partial charge < -0.3 is 17.7 Å². The zero-order valence-electron chi connectivity index (χ0n) is 35.4. The van der Waals surface area contributed by atoms with Crippen molar-refractivity contribution in [1.29, 1.82) is 0 Å². The van der Waals surface area contributed by atoms with Crippen molar-refractivity contribution in [2.45, 2.75) is 257 Å². The Balaban J connectivity index is 0.000000623. The molecule has 0 aliphatic carbocycles.